The molecule has 136 valence electrons. The van der Waals surface area contributed by atoms with Gasteiger partial charge >= 0.3 is 5.97 Å². The maximum absolute atomic E-state index is 12.7. The van der Waals surface area contributed by atoms with Crippen LogP contribution in [0.5, 0.6) is 0 Å². The van der Waals surface area contributed by atoms with Gasteiger partial charge in [-0.25, -0.2) is 9.78 Å². The van der Waals surface area contributed by atoms with Crippen LogP contribution in [0, 0.1) is 5.92 Å². The van der Waals surface area contributed by atoms with Gasteiger partial charge in [-0.2, -0.15) is 0 Å². The quantitative estimate of drug-likeness (QED) is 0.752. The number of aromatic nitrogens is 1. The Balaban J connectivity index is 2.12. The molecule has 1 atom stereocenters. The highest BCUT2D eigenvalue weighted by Crippen LogP contribution is 2.18. The Morgan fingerprint density at radius 1 is 1.19 bits per heavy atom. The van der Waals surface area contributed by atoms with Crippen molar-refractivity contribution in [1.29, 1.82) is 0 Å². The summed E-state index contributed by atoms with van der Waals surface area (Å²) in [5.41, 5.74) is 1.31. The van der Waals surface area contributed by atoms with Gasteiger partial charge in [0.1, 0.15) is 5.82 Å². The third-order valence-electron chi connectivity index (χ3n) is 3.62. The highest BCUT2D eigenvalue weighted by molar-refractivity contribution is 8.13. The van der Waals surface area contributed by atoms with E-state index in [1.54, 1.807) is 0 Å². The average Bonchev–Trinajstić information content (AvgIpc) is 2.65. The average molecular weight is 372 g/mol. The van der Waals surface area contributed by atoms with Crippen molar-refractivity contribution in [2.75, 3.05) is 18.2 Å². The number of esters is 1. The molecular formula is C19H20N2O4S. The first kappa shape index (κ1) is 19.7. The van der Waals surface area contributed by atoms with Crippen LogP contribution in [-0.4, -0.2) is 34.8 Å². The monoisotopic (exact) mass is 372 g/mol. The summed E-state index contributed by atoms with van der Waals surface area (Å²) < 4.78 is 4.67. The molecule has 1 aromatic carbocycles. The number of amides is 1. The lowest BCUT2D eigenvalue weighted by Crippen LogP contribution is -2.27. The summed E-state index contributed by atoms with van der Waals surface area (Å²) in [6.45, 7) is 1.48. The summed E-state index contributed by atoms with van der Waals surface area (Å²) in [6.07, 6.45) is 1.93. The normalized spacial score (nSPS) is 11.5. The molecule has 0 radical (unpaired) electrons. The first-order chi connectivity index (χ1) is 12.5. The van der Waals surface area contributed by atoms with E-state index in [9.17, 15) is 14.4 Å². The highest BCUT2D eigenvalue weighted by Gasteiger charge is 2.21. The molecule has 2 rings (SSSR count). The van der Waals surface area contributed by atoms with Crippen molar-refractivity contribution < 1.29 is 19.1 Å². The Labute approximate surface area is 156 Å². The van der Waals surface area contributed by atoms with Crippen LogP contribution in [0.3, 0.4) is 0 Å². The zero-order valence-corrected chi connectivity index (χ0v) is 15.4. The van der Waals surface area contributed by atoms with Crippen LogP contribution in [0.2, 0.25) is 0 Å². The number of carbonyl (C=O) groups is 3. The Morgan fingerprint density at radius 2 is 1.92 bits per heavy atom. The molecule has 0 aliphatic heterocycles. The largest absolute Gasteiger partial charge is 0.465 e. The molecule has 6 nitrogen and oxygen atoms in total. The van der Waals surface area contributed by atoms with Crippen molar-refractivity contribution in [3.05, 3.63) is 59.8 Å². The third-order valence-corrected chi connectivity index (χ3v) is 4.59. The number of carbonyl (C=O) groups excluding carboxylic acids is 3. The summed E-state index contributed by atoms with van der Waals surface area (Å²) in [6, 6.07) is 12.6. The van der Waals surface area contributed by atoms with Crippen molar-refractivity contribution in [2.45, 2.75) is 13.3 Å². The number of nitrogens with zero attached hydrogens (tertiary/aromatic N) is 1. The predicted octanol–water partition coefficient (Wildman–Crippen LogP) is 2.95. The van der Waals surface area contributed by atoms with Crippen molar-refractivity contribution in [3.63, 3.8) is 0 Å². The highest BCUT2D eigenvalue weighted by atomic mass is 32.2. The number of thioether (sulfide) groups is 1. The number of hydrogen-bond acceptors (Lipinski definition) is 6. The minimum atomic E-state index is -0.504. The van der Waals surface area contributed by atoms with Gasteiger partial charge in [0.05, 0.1) is 18.6 Å². The maximum Gasteiger partial charge on any atom is 0.338 e. The van der Waals surface area contributed by atoms with Crippen LogP contribution in [0.25, 0.3) is 0 Å². The number of rotatable bonds is 7. The Morgan fingerprint density at radius 3 is 2.58 bits per heavy atom. The minimum absolute atomic E-state index is 0.0401. The molecule has 7 heteroatoms. The Bertz CT molecular complexity index is 780. The van der Waals surface area contributed by atoms with Gasteiger partial charge in [0, 0.05) is 18.9 Å². The van der Waals surface area contributed by atoms with Crippen LogP contribution in [0.4, 0.5) is 5.82 Å². The summed E-state index contributed by atoms with van der Waals surface area (Å²) in [5.74, 6) is -0.529. The van der Waals surface area contributed by atoms with E-state index in [0.29, 0.717) is 17.7 Å². The minimum Gasteiger partial charge on any atom is -0.465 e. The van der Waals surface area contributed by atoms with Crippen LogP contribution in [0.15, 0.2) is 48.7 Å². The molecule has 1 heterocycles. The topological polar surface area (TPSA) is 85.4 Å². The number of methoxy groups -OCH3 is 1. The maximum atomic E-state index is 12.7. The second-order valence-electron chi connectivity index (χ2n) is 5.60. The van der Waals surface area contributed by atoms with Gasteiger partial charge in [-0.05, 0) is 24.1 Å². The molecule has 1 N–H and O–H groups in total. The van der Waals surface area contributed by atoms with Gasteiger partial charge in [0.2, 0.25) is 5.91 Å². The molecular weight excluding hydrogens is 352 g/mol. The lowest BCUT2D eigenvalue weighted by atomic mass is 10.0. The first-order valence-electron chi connectivity index (χ1n) is 8.02. The molecule has 0 bridgehead atoms. The van der Waals surface area contributed by atoms with Gasteiger partial charge in [-0.3, -0.25) is 9.59 Å². The summed E-state index contributed by atoms with van der Waals surface area (Å²) in [7, 11) is 1.29. The molecule has 1 amide bonds. The van der Waals surface area contributed by atoms with Crippen LogP contribution < -0.4 is 5.32 Å². The van der Waals surface area contributed by atoms with E-state index in [0.717, 1.165) is 17.3 Å². The summed E-state index contributed by atoms with van der Waals surface area (Å²) in [4.78, 5) is 39.7. The number of nitrogens with one attached hydrogen (secondary N) is 1. The van der Waals surface area contributed by atoms with Crippen LogP contribution in [-0.2, 0) is 20.7 Å². The van der Waals surface area contributed by atoms with Crippen molar-refractivity contribution in [2.24, 2.45) is 5.92 Å². The standard InChI is InChI=1S/C19H20N2O4S/c1-13(22)26-12-16(10-14-6-4-3-5-7-14)18(23)21-17-11-15(8-9-20-17)19(24)25-2/h3-9,11,16H,10,12H2,1-2H3,(H,20,21,23). The number of anilines is 1. The summed E-state index contributed by atoms with van der Waals surface area (Å²) >= 11 is 1.11. The molecule has 0 aliphatic carbocycles. The fraction of sp³-hybridized carbons (Fsp3) is 0.263. The molecule has 0 saturated heterocycles. The van der Waals surface area contributed by atoms with Gasteiger partial charge in [0.25, 0.3) is 0 Å². The molecule has 1 unspecified atom stereocenters. The van der Waals surface area contributed by atoms with Crippen LogP contribution >= 0.6 is 11.8 Å². The molecule has 0 spiro atoms. The first-order valence-corrected chi connectivity index (χ1v) is 9.00. The van der Waals surface area contributed by atoms with Crippen molar-refractivity contribution in [1.82, 2.24) is 4.98 Å². The van der Waals surface area contributed by atoms with Crippen molar-refractivity contribution >= 4 is 34.6 Å². The van der Waals surface area contributed by atoms with Crippen LogP contribution in [0.1, 0.15) is 22.8 Å². The lowest BCUT2D eigenvalue weighted by Gasteiger charge is -2.16. The number of ether oxygens (including phenoxy) is 1. The SMILES string of the molecule is COC(=O)c1ccnc(NC(=O)C(CSC(C)=O)Cc2ccccc2)c1. The van der Waals surface area contributed by atoms with E-state index in [2.05, 4.69) is 15.0 Å². The lowest BCUT2D eigenvalue weighted by molar-refractivity contribution is -0.119. The fourth-order valence-corrected chi connectivity index (χ4v) is 3.02. The Hall–Kier alpha value is -2.67. The van der Waals surface area contributed by atoms with E-state index < -0.39 is 11.9 Å². The second-order valence-corrected chi connectivity index (χ2v) is 6.80. The van der Waals surface area contributed by atoms with Gasteiger partial charge in [0.15, 0.2) is 5.12 Å². The van der Waals surface area contributed by atoms with Crippen molar-refractivity contribution in [3.8, 4) is 0 Å². The zero-order valence-electron chi connectivity index (χ0n) is 14.6. The van der Waals surface area contributed by atoms with E-state index >= 15 is 0 Å². The molecule has 2 aromatic rings. The molecule has 0 saturated carbocycles. The molecule has 0 fully saturated rings. The number of hydrogen-bond donors (Lipinski definition) is 1. The number of benzene rings is 1. The Kier molecular flexibility index (Phi) is 7.35. The molecule has 1 aromatic heterocycles. The van der Waals surface area contributed by atoms with E-state index in [1.165, 1.54) is 32.4 Å². The molecule has 0 aliphatic rings. The summed E-state index contributed by atoms with van der Waals surface area (Å²) in [5, 5.41) is 2.68. The van der Waals surface area contributed by atoms with E-state index in [1.807, 2.05) is 30.3 Å². The third kappa shape index (κ3) is 6.00. The molecule has 26 heavy (non-hydrogen) atoms. The second kappa shape index (κ2) is 9.72. The van der Waals surface area contributed by atoms with Gasteiger partial charge in [-0.15, -0.1) is 0 Å². The number of pyridine rings is 1. The van der Waals surface area contributed by atoms with Gasteiger partial charge in [-0.1, -0.05) is 42.1 Å². The fourth-order valence-electron chi connectivity index (χ4n) is 2.32. The van der Waals surface area contributed by atoms with E-state index in [-0.39, 0.29) is 16.8 Å². The smallest absolute Gasteiger partial charge is 0.338 e. The van der Waals surface area contributed by atoms with E-state index in [4.69, 9.17) is 0 Å². The van der Waals surface area contributed by atoms with Gasteiger partial charge < -0.3 is 10.1 Å². The zero-order chi connectivity index (χ0) is 18.9. The predicted molar refractivity (Wildman–Crippen MR) is 101 cm³/mol.